The van der Waals surface area contributed by atoms with Crippen molar-refractivity contribution in [3.8, 4) is 0 Å². The minimum Gasteiger partial charge on any atom is -0.385 e. The number of pyridine rings is 1. The van der Waals surface area contributed by atoms with E-state index in [0.29, 0.717) is 26.3 Å². The maximum atomic E-state index is 10.9. The lowest BCUT2D eigenvalue weighted by Gasteiger charge is -2.33. The molecule has 1 atom stereocenters. The van der Waals surface area contributed by atoms with Crippen molar-refractivity contribution in [1.82, 2.24) is 15.2 Å². The second-order valence-electron chi connectivity index (χ2n) is 6.72. The highest BCUT2D eigenvalue weighted by Gasteiger charge is 2.31. The predicted molar refractivity (Wildman–Crippen MR) is 98.3 cm³/mol. The number of aromatic nitrogens is 1. The van der Waals surface area contributed by atoms with Crippen molar-refractivity contribution in [2.45, 2.75) is 18.6 Å². The summed E-state index contributed by atoms with van der Waals surface area (Å²) in [6.07, 6.45) is 2.76. The van der Waals surface area contributed by atoms with Gasteiger partial charge in [-0.3, -0.25) is 9.88 Å². The summed E-state index contributed by atoms with van der Waals surface area (Å²) in [6.45, 7) is 4.49. The smallest absolute Gasteiger partial charge is 0.113 e. The zero-order valence-corrected chi connectivity index (χ0v) is 14.6. The quantitative estimate of drug-likeness (QED) is 0.799. The average molecular weight is 341 g/mol. The van der Waals surface area contributed by atoms with Gasteiger partial charge in [0, 0.05) is 38.9 Å². The predicted octanol–water partition coefficient (Wildman–Crippen LogP) is 1.48. The number of hydrogen-bond acceptors (Lipinski definition) is 5. The van der Waals surface area contributed by atoms with Crippen LogP contribution in [0, 0.1) is 0 Å². The number of β-amino-alcohol motifs (C(OH)–C–C–N with tert-alkyl or cyclic N) is 1. The van der Waals surface area contributed by atoms with Crippen LogP contribution in [0.2, 0.25) is 0 Å². The maximum absolute atomic E-state index is 10.9. The molecule has 1 aliphatic heterocycles. The fourth-order valence-corrected chi connectivity index (χ4v) is 3.16. The third-order valence-electron chi connectivity index (χ3n) is 4.44. The molecule has 0 radical (unpaired) electrons. The third-order valence-corrected chi connectivity index (χ3v) is 4.44. The SMILES string of the molecule is O[C@@]1(CN(CCc2ccccc2)Cc2ccccn2)CNCCOC1. The molecule has 1 saturated heterocycles. The minimum absolute atomic E-state index is 0.365. The first-order chi connectivity index (χ1) is 12.2. The first-order valence-electron chi connectivity index (χ1n) is 8.91. The fourth-order valence-electron chi connectivity index (χ4n) is 3.16. The van der Waals surface area contributed by atoms with Crippen molar-refractivity contribution >= 4 is 0 Å². The number of aliphatic hydroxyl groups is 1. The Morgan fingerprint density at radius 3 is 2.80 bits per heavy atom. The number of nitrogens with one attached hydrogen (secondary N) is 1. The summed E-state index contributed by atoms with van der Waals surface area (Å²) in [5.74, 6) is 0. The molecule has 0 saturated carbocycles. The molecule has 0 unspecified atom stereocenters. The van der Waals surface area contributed by atoms with E-state index in [2.05, 4.69) is 39.5 Å². The van der Waals surface area contributed by atoms with Crippen molar-refractivity contribution in [2.75, 3.05) is 39.4 Å². The summed E-state index contributed by atoms with van der Waals surface area (Å²) in [6, 6.07) is 16.4. The van der Waals surface area contributed by atoms with Crippen molar-refractivity contribution in [3.63, 3.8) is 0 Å². The third kappa shape index (κ3) is 5.90. The molecule has 0 bridgehead atoms. The number of hydrogen-bond donors (Lipinski definition) is 2. The van der Waals surface area contributed by atoms with Crippen molar-refractivity contribution in [2.24, 2.45) is 0 Å². The molecule has 0 aliphatic carbocycles. The molecule has 3 rings (SSSR count). The van der Waals surface area contributed by atoms with Gasteiger partial charge < -0.3 is 15.2 Å². The Morgan fingerprint density at radius 1 is 1.16 bits per heavy atom. The summed E-state index contributed by atoms with van der Waals surface area (Å²) in [5.41, 5.74) is 1.44. The van der Waals surface area contributed by atoms with Crippen LogP contribution >= 0.6 is 0 Å². The number of ether oxygens (including phenoxy) is 1. The van der Waals surface area contributed by atoms with E-state index in [9.17, 15) is 5.11 Å². The number of rotatable bonds is 7. The summed E-state index contributed by atoms with van der Waals surface area (Å²) in [7, 11) is 0. The first-order valence-corrected chi connectivity index (χ1v) is 8.91. The van der Waals surface area contributed by atoms with Gasteiger partial charge in [0.15, 0.2) is 0 Å². The van der Waals surface area contributed by atoms with Crippen LogP contribution in [0.1, 0.15) is 11.3 Å². The van der Waals surface area contributed by atoms with Crippen LogP contribution in [0.5, 0.6) is 0 Å². The molecule has 5 heteroatoms. The standard InChI is InChI=1S/C20H27N3O2/c24-20(15-21-11-13-25-17-20)16-23(14-19-8-4-5-10-22-19)12-9-18-6-2-1-3-7-18/h1-8,10,21,24H,9,11-17H2/t20-/m1/s1. The van der Waals surface area contributed by atoms with Gasteiger partial charge in [0.25, 0.3) is 0 Å². The minimum atomic E-state index is -0.873. The van der Waals surface area contributed by atoms with Gasteiger partial charge in [-0.05, 0) is 24.1 Å². The van der Waals surface area contributed by atoms with E-state index in [1.807, 2.05) is 30.5 Å². The lowest BCUT2D eigenvalue weighted by molar-refractivity contribution is -0.0503. The summed E-state index contributed by atoms with van der Waals surface area (Å²) in [4.78, 5) is 6.71. The van der Waals surface area contributed by atoms with Gasteiger partial charge in [0.2, 0.25) is 0 Å². The van der Waals surface area contributed by atoms with Crippen LogP contribution in [-0.4, -0.2) is 60.0 Å². The molecule has 2 aromatic rings. The fraction of sp³-hybridized carbons (Fsp3) is 0.450. The molecule has 1 fully saturated rings. The molecule has 1 aromatic carbocycles. The Bertz CT molecular complexity index is 613. The lowest BCUT2D eigenvalue weighted by Crippen LogP contribution is -2.51. The molecule has 0 amide bonds. The Labute approximate surface area is 149 Å². The monoisotopic (exact) mass is 341 g/mol. The van der Waals surface area contributed by atoms with Crippen LogP contribution in [0.4, 0.5) is 0 Å². The van der Waals surface area contributed by atoms with Crippen molar-refractivity contribution < 1.29 is 9.84 Å². The molecule has 5 nitrogen and oxygen atoms in total. The topological polar surface area (TPSA) is 57.6 Å². The van der Waals surface area contributed by atoms with E-state index in [4.69, 9.17) is 4.74 Å². The van der Waals surface area contributed by atoms with Crippen LogP contribution in [0.3, 0.4) is 0 Å². The van der Waals surface area contributed by atoms with E-state index in [0.717, 1.165) is 31.7 Å². The first kappa shape index (κ1) is 18.0. The lowest BCUT2D eigenvalue weighted by atomic mass is 10.0. The summed E-state index contributed by atoms with van der Waals surface area (Å²) >= 11 is 0. The highest BCUT2D eigenvalue weighted by molar-refractivity contribution is 5.15. The maximum Gasteiger partial charge on any atom is 0.113 e. The van der Waals surface area contributed by atoms with Gasteiger partial charge in [-0.2, -0.15) is 0 Å². The molecule has 25 heavy (non-hydrogen) atoms. The van der Waals surface area contributed by atoms with E-state index in [-0.39, 0.29) is 0 Å². The Kier molecular flexibility index (Phi) is 6.53. The normalized spacial score (nSPS) is 21.2. The van der Waals surface area contributed by atoms with Gasteiger partial charge >= 0.3 is 0 Å². The molecular formula is C20H27N3O2. The van der Waals surface area contributed by atoms with Gasteiger partial charge in [0.05, 0.1) is 18.9 Å². The zero-order valence-electron chi connectivity index (χ0n) is 14.6. The van der Waals surface area contributed by atoms with Crippen LogP contribution < -0.4 is 5.32 Å². The molecule has 1 aromatic heterocycles. The van der Waals surface area contributed by atoms with Gasteiger partial charge in [-0.25, -0.2) is 0 Å². The Balaban J connectivity index is 1.66. The second-order valence-corrected chi connectivity index (χ2v) is 6.72. The van der Waals surface area contributed by atoms with E-state index in [1.165, 1.54) is 5.56 Å². The molecule has 2 N–H and O–H groups in total. The molecule has 2 heterocycles. The van der Waals surface area contributed by atoms with Crippen molar-refractivity contribution in [1.29, 1.82) is 0 Å². The van der Waals surface area contributed by atoms with E-state index >= 15 is 0 Å². The van der Waals surface area contributed by atoms with Crippen LogP contribution in [-0.2, 0) is 17.7 Å². The molecular weight excluding hydrogens is 314 g/mol. The highest BCUT2D eigenvalue weighted by atomic mass is 16.5. The largest absolute Gasteiger partial charge is 0.385 e. The highest BCUT2D eigenvalue weighted by Crippen LogP contribution is 2.13. The van der Waals surface area contributed by atoms with Crippen LogP contribution in [0.15, 0.2) is 54.7 Å². The molecule has 1 aliphatic rings. The number of benzene rings is 1. The summed E-state index contributed by atoms with van der Waals surface area (Å²) < 4.78 is 5.57. The average Bonchev–Trinajstić information content (AvgIpc) is 2.86. The second kappa shape index (κ2) is 9.06. The molecule has 0 spiro atoms. The van der Waals surface area contributed by atoms with E-state index in [1.54, 1.807) is 0 Å². The zero-order chi connectivity index (χ0) is 17.4. The van der Waals surface area contributed by atoms with Crippen molar-refractivity contribution in [3.05, 3.63) is 66.0 Å². The summed E-state index contributed by atoms with van der Waals surface area (Å²) in [5, 5.41) is 14.2. The van der Waals surface area contributed by atoms with Gasteiger partial charge in [-0.15, -0.1) is 0 Å². The Morgan fingerprint density at radius 2 is 2.00 bits per heavy atom. The van der Waals surface area contributed by atoms with Gasteiger partial charge in [0.1, 0.15) is 5.60 Å². The molecule has 134 valence electrons. The van der Waals surface area contributed by atoms with Crippen LogP contribution in [0.25, 0.3) is 0 Å². The Hall–Kier alpha value is -1.79. The van der Waals surface area contributed by atoms with E-state index < -0.39 is 5.60 Å². The number of nitrogens with zero attached hydrogens (tertiary/aromatic N) is 2. The van der Waals surface area contributed by atoms with Gasteiger partial charge in [-0.1, -0.05) is 36.4 Å².